The SMILES string of the molecule is Cc1cnc(NCc2ccc(S(N)(=O)=O)cc2)c(Br)c1. The quantitative estimate of drug-likeness (QED) is 0.881. The monoisotopic (exact) mass is 355 g/mol. The lowest BCUT2D eigenvalue weighted by Gasteiger charge is -2.08. The van der Waals surface area contributed by atoms with Gasteiger partial charge in [-0.05, 0) is 52.2 Å². The van der Waals surface area contributed by atoms with E-state index >= 15 is 0 Å². The first-order chi connectivity index (χ1) is 9.36. The van der Waals surface area contributed by atoms with Crippen molar-refractivity contribution in [3.63, 3.8) is 0 Å². The van der Waals surface area contributed by atoms with E-state index in [1.807, 2.05) is 13.0 Å². The van der Waals surface area contributed by atoms with Crippen molar-refractivity contribution in [1.82, 2.24) is 4.98 Å². The highest BCUT2D eigenvalue weighted by Crippen LogP contribution is 2.21. The summed E-state index contributed by atoms with van der Waals surface area (Å²) in [5, 5.41) is 8.22. The Balaban J connectivity index is 2.08. The number of aryl methyl sites for hydroxylation is 1. The van der Waals surface area contributed by atoms with Crippen LogP contribution < -0.4 is 10.5 Å². The van der Waals surface area contributed by atoms with Gasteiger partial charge in [0.05, 0.1) is 9.37 Å². The minimum atomic E-state index is -3.64. The third-order valence-corrected chi connectivity index (χ3v) is 4.22. The number of aromatic nitrogens is 1. The van der Waals surface area contributed by atoms with Crippen molar-refractivity contribution < 1.29 is 8.42 Å². The van der Waals surface area contributed by atoms with Gasteiger partial charge >= 0.3 is 0 Å². The molecule has 0 aliphatic rings. The van der Waals surface area contributed by atoms with Crippen molar-refractivity contribution in [3.05, 3.63) is 52.1 Å². The van der Waals surface area contributed by atoms with Crippen LogP contribution in [-0.2, 0) is 16.6 Å². The lowest BCUT2D eigenvalue weighted by atomic mass is 10.2. The number of pyridine rings is 1. The molecule has 20 heavy (non-hydrogen) atoms. The zero-order valence-electron chi connectivity index (χ0n) is 10.8. The van der Waals surface area contributed by atoms with Crippen molar-refractivity contribution in [1.29, 1.82) is 0 Å². The number of nitrogens with zero attached hydrogens (tertiary/aromatic N) is 1. The van der Waals surface area contributed by atoms with Crippen molar-refractivity contribution in [2.75, 3.05) is 5.32 Å². The number of anilines is 1. The summed E-state index contributed by atoms with van der Waals surface area (Å²) in [5.41, 5.74) is 2.01. The molecule has 0 atom stereocenters. The van der Waals surface area contributed by atoms with Crippen LogP contribution in [0.25, 0.3) is 0 Å². The number of halogens is 1. The topological polar surface area (TPSA) is 85.1 Å². The molecule has 2 aromatic rings. The molecule has 1 heterocycles. The van der Waals surface area contributed by atoms with Gasteiger partial charge in [-0.25, -0.2) is 18.5 Å². The fraction of sp³-hybridized carbons (Fsp3) is 0.154. The molecule has 0 saturated carbocycles. The predicted octanol–water partition coefficient (Wildman–Crippen LogP) is 2.41. The highest BCUT2D eigenvalue weighted by Gasteiger charge is 2.07. The van der Waals surface area contributed by atoms with Crippen molar-refractivity contribution in [2.24, 2.45) is 5.14 Å². The minimum absolute atomic E-state index is 0.107. The van der Waals surface area contributed by atoms with Crippen LogP contribution in [0.15, 0.2) is 45.9 Å². The molecule has 0 fully saturated rings. The maximum absolute atomic E-state index is 11.1. The normalized spacial score (nSPS) is 11.3. The number of rotatable bonds is 4. The first-order valence-electron chi connectivity index (χ1n) is 5.84. The van der Waals surface area contributed by atoms with Crippen molar-refractivity contribution in [3.8, 4) is 0 Å². The Morgan fingerprint density at radius 2 is 1.95 bits per heavy atom. The second-order valence-electron chi connectivity index (χ2n) is 4.39. The van der Waals surface area contributed by atoms with E-state index in [1.165, 1.54) is 12.1 Å². The fourth-order valence-electron chi connectivity index (χ4n) is 1.65. The summed E-state index contributed by atoms with van der Waals surface area (Å²) in [6, 6.07) is 8.39. The Bertz CT molecular complexity index is 715. The summed E-state index contributed by atoms with van der Waals surface area (Å²) < 4.78 is 23.2. The molecule has 0 saturated heterocycles. The van der Waals surface area contributed by atoms with E-state index in [2.05, 4.69) is 26.2 Å². The molecular weight excluding hydrogens is 342 g/mol. The maximum Gasteiger partial charge on any atom is 0.238 e. The molecule has 3 N–H and O–H groups in total. The highest BCUT2D eigenvalue weighted by atomic mass is 79.9. The summed E-state index contributed by atoms with van der Waals surface area (Å²) in [7, 11) is -3.64. The van der Waals surface area contributed by atoms with Crippen LogP contribution in [0.4, 0.5) is 5.82 Å². The van der Waals surface area contributed by atoms with Gasteiger partial charge in [-0.15, -0.1) is 0 Å². The molecule has 0 aliphatic heterocycles. The molecule has 0 spiro atoms. The average Bonchev–Trinajstić information content (AvgIpc) is 2.37. The van der Waals surface area contributed by atoms with Crippen LogP contribution in [0.1, 0.15) is 11.1 Å². The Hall–Kier alpha value is -1.44. The van der Waals surface area contributed by atoms with E-state index < -0.39 is 10.0 Å². The number of hydrogen-bond acceptors (Lipinski definition) is 4. The third kappa shape index (κ3) is 3.78. The molecule has 106 valence electrons. The van der Waals surface area contributed by atoms with E-state index in [4.69, 9.17) is 5.14 Å². The average molecular weight is 356 g/mol. The molecule has 1 aromatic carbocycles. The van der Waals surface area contributed by atoms with Gasteiger partial charge in [0.1, 0.15) is 5.82 Å². The molecule has 2 rings (SSSR count). The zero-order valence-corrected chi connectivity index (χ0v) is 13.2. The number of nitrogens with two attached hydrogens (primary N) is 1. The number of nitrogens with one attached hydrogen (secondary N) is 1. The van der Waals surface area contributed by atoms with Gasteiger partial charge in [-0.2, -0.15) is 0 Å². The van der Waals surface area contributed by atoms with E-state index in [0.717, 1.165) is 21.4 Å². The third-order valence-electron chi connectivity index (χ3n) is 2.69. The first kappa shape index (κ1) is 15.0. The Labute approximate surface area is 126 Å². The summed E-state index contributed by atoms with van der Waals surface area (Å²) >= 11 is 3.44. The first-order valence-corrected chi connectivity index (χ1v) is 8.18. The maximum atomic E-state index is 11.1. The standard InChI is InChI=1S/C13H14BrN3O2S/c1-9-6-12(14)13(16-7-9)17-8-10-2-4-11(5-3-10)20(15,18)19/h2-7H,8H2,1H3,(H,16,17)(H2,15,18,19). The van der Waals surface area contributed by atoms with Gasteiger partial charge in [-0.3, -0.25) is 0 Å². The van der Waals surface area contributed by atoms with Crippen LogP contribution in [0.2, 0.25) is 0 Å². The molecule has 1 aromatic heterocycles. The molecule has 0 aliphatic carbocycles. The van der Waals surface area contributed by atoms with E-state index in [1.54, 1.807) is 18.3 Å². The van der Waals surface area contributed by atoms with Gasteiger partial charge in [0.25, 0.3) is 0 Å². The summed E-state index contributed by atoms with van der Waals surface area (Å²) in [6.07, 6.45) is 1.77. The molecular formula is C13H14BrN3O2S. The van der Waals surface area contributed by atoms with Gasteiger partial charge < -0.3 is 5.32 Å². The van der Waals surface area contributed by atoms with E-state index in [-0.39, 0.29) is 4.90 Å². The Kier molecular flexibility index (Phi) is 4.42. The van der Waals surface area contributed by atoms with Crippen molar-refractivity contribution in [2.45, 2.75) is 18.4 Å². The number of benzene rings is 1. The van der Waals surface area contributed by atoms with Gasteiger partial charge in [0, 0.05) is 12.7 Å². The van der Waals surface area contributed by atoms with Gasteiger partial charge in [0.15, 0.2) is 0 Å². The molecule has 7 heteroatoms. The van der Waals surface area contributed by atoms with Crippen LogP contribution in [-0.4, -0.2) is 13.4 Å². The fourth-order valence-corrected chi connectivity index (χ4v) is 2.77. The summed E-state index contributed by atoms with van der Waals surface area (Å²) in [4.78, 5) is 4.38. The molecule has 0 unspecified atom stereocenters. The second-order valence-corrected chi connectivity index (χ2v) is 6.80. The molecule has 5 nitrogen and oxygen atoms in total. The smallest absolute Gasteiger partial charge is 0.238 e. The van der Waals surface area contributed by atoms with E-state index in [9.17, 15) is 8.42 Å². The van der Waals surface area contributed by atoms with Crippen LogP contribution in [0.5, 0.6) is 0 Å². The van der Waals surface area contributed by atoms with E-state index in [0.29, 0.717) is 6.54 Å². The molecule has 0 radical (unpaired) electrons. The Morgan fingerprint density at radius 3 is 2.50 bits per heavy atom. The van der Waals surface area contributed by atoms with Crippen molar-refractivity contribution >= 4 is 31.8 Å². The second kappa shape index (κ2) is 5.90. The number of hydrogen-bond donors (Lipinski definition) is 2. The Morgan fingerprint density at radius 1 is 1.30 bits per heavy atom. The van der Waals surface area contributed by atoms with Crippen LogP contribution in [0, 0.1) is 6.92 Å². The number of sulfonamides is 1. The lowest BCUT2D eigenvalue weighted by Crippen LogP contribution is -2.12. The zero-order chi connectivity index (χ0) is 14.8. The summed E-state index contributed by atoms with van der Waals surface area (Å²) in [5.74, 6) is 0.742. The van der Waals surface area contributed by atoms with Crippen LogP contribution in [0.3, 0.4) is 0 Å². The minimum Gasteiger partial charge on any atom is -0.365 e. The predicted molar refractivity (Wildman–Crippen MR) is 81.8 cm³/mol. The number of primary sulfonamides is 1. The van der Waals surface area contributed by atoms with Crippen LogP contribution >= 0.6 is 15.9 Å². The molecule has 0 amide bonds. The molecule has 0 bridgehead atoms. The lowest BCUT2D eigenvalue weighted by molar-refractivity contribution is 0.598. The summed E-state index contributed by atoms with van der Waals surface area (Å²) in [6.45, 7) is 2.51. The highest BCUT2D eigenvalue weighted by molar-refractivity contribution is 9.10. The largest absolute Gasteiger partial charge is 0.365 e. The van der Waals surface area contributed by atoms with Gasteiger partial charge in [0.2, 0.25) is 10.0 Å². The van der Waals surface area contributed by atoms with Gasteiger partial charge in [-0.1, -0.05) is 12.1 Å².